The summed E-state index contributed by atoms with van der Waals surface area (Å²) in [4.78, 5) is 32.2. The summed E-state index contributed by atoms with van der Waals surface area (Å²) in [5, 5.41) is 1.83. The van der Waals surface area contributed by atoms with Crippen LogP contribution in [0.2, 0.25) is 0 Å². The van der Waals surface area contributed by atoms with Crippen molar-refractivity contribution in [1.29, 1.82) is 0 Å². The molecule has 0 radical (unpaired) electrons. The summed E-state index contributed by atoms with van der Waals surface area (Å²) in [5.41, 5.74) is 2.88. The second-order valence-electron chi connectivity index (χ2n) is 10.2. The molecule has 0 N–H and O–H groups in total. The molecule has 0 bridgehead atoms. The van der Waals surface area contributed by atoms with Crippen LogP contribution in [0.15, 0.2) is 116 Å². The first-order valence-corrected chi connectivity index (χ1v) is 15.6. The van der Waals surface area contributed by atoms with Crippen molar-refractivity contribution < 1.29 is 48.0 Å². The number of carbonyl (C=O) groups is 1. The van der Waals surface area contributed by atoms with Crippen molar-refractivity contribution in [3.63, 3.8) is 0 Å². The molecule has 10 heteroatoms. The van der Waals surface area contributed by atoms with E-state index in [9.17, 15) is 4.79 Å². The molecule has 0 amide bonds. The highest BCUT2D eigenvalue weighted by molar-refractivity contribution is 5.92. The van der Waals surface area contributed by atoms with Gasteiger partial charge >= 0.3 is 5.97 Å². The Morgan fingerprint density at radius 1 is 0.625 bits per heavy atom. The van der Waals surface area contributed by atoms with Crippen LogP contribution >= 0.6 is 0 Å². The molecule has 4 rings (SSSR count). The van der Waals surface area contributed by atoms with Crippen LogP contribution in [-0.2, 0) is 19.6 Å². The zero-order valence-corrected chi connectivity index (χ0v) is 27.0. The molecule has 10 nitrogen and oxygen atoms in total. The minimum Gasteiger partial charge on any atom is -0.494 e. The molecule has 0 fully saturated rings. The monoisotopic (exact) mass is 656 g/mol. The van der Waals surface area contributed by atoms with Gasteiger partial charge in [-0.15, -0.1) is 0 Å². The van der Waals surface area contributed by atoms with Crippen LogP contribution in [0.3, 0.4) is 0 Å². The Hall–Kier alpha value is -5.41. The second-order valence-corrected chi connectivity index (χ2v) is 10.2. The normalized spacial score (nSPS) is 10.7. The van der Waals surface area contributed by atoms with Crippen molar-refractivity contribution in [2.45, 2.75) is 32.6 Å². The molecule has 0 atom stereocenters. The first-order valence-electron chi connectivity index (χ1n) is 15.6. The Labute approximate surface area is 280 Å². The van der Waals surface area contributed by atoms with Crippen molar-refractivity contribution in [3.8, 4) is 28.7 Å². The summed E-state index contributed by atoms with van der Waals surface area (Å²) in [6, 6.07) is 25.3. The first kappa shape index (κ1) is 35.4. The highest BCUT2D eigenvalue weighted by Gasteiger charge is 2.10. The molecule has 0 aliphatic carbocycles. The summed E-state index contributed by atoms with van der Waals surface area (Å²) in [5.74, 6) is 2.72. The van der Waals surface area contributed by atoms with Crippen LogP contribution in [0.25, 0.3) is 10.8 Å². The van der Waals surface area contributed by atoms with E-state index in [1.807, 2.05) is 61.5 Å². The van der Waals surface area contributed by atoms with Crippen LogP contribution in [0.4, 0.5) is 0 Å². The van der Waals surface area contributed by atoms with E-state index in [4.69, 9.17) is 43.2 Å². The smallest absolute Gasteiger partial charge is 0.343 e. The van der Waals surface area contributed by atoms with Gasteiger partial charge in [-0.05, 0) is 122 Å². The third-order valence-electron chi connectivity index (χ3n) is 6.60. The summed E-state index contributed by atoms with van der Waals surface area (Å²) < 4.78 is 28.6. The number of unbranched alkanes of at least 4 members (excludes halogenated alkanes) is 2. The molecule has 0 heterocycles. The van der Waals surface area contributed by atoms with E-state index in [1.165, 1.54) is 12.5 Å². The van der Waals surface area contributed by atoms with Gasteiger partial charge in [0.25, 0.3) is 0 Å². The Morgan fingerprint density at radius 3 is 1.75 bits per heavy atom. The molecule has 0 aliphatic heterocycles. The van der Waals surface area contributed by atoms with E-state index >= 15 is 0 Å². The molecule has 0 saturated heterocycles. The van der Waals surface area contributed by atoms with E-state index in [-0.39, 0.29) is 6.79 Å². The topological polar surface area (TPSA) is 100 Å². The number of hydrogen-bond acceptors (Lipinski definition) is 10. The van der Waals surface area contributed by atoms with Crippen LogP contribution in [0.1, 0.15) is 43.0 Å². The van der Waals surface area contributed by atoms with Crippen molar-refractivity contribution in [1.82, 2.24) is 0 Å². The van der Waals surface area contributed by atoms with Gasteiger partial charge in [0.2, 0.25) is 6.79 Å². The lowest BCUT2D eigenvalue weighted by Gasteiger charge is -2.11. The number of benzene rings is 4. The fourth-order valence-corrected chi connectivity index (χ4v) is 4.17. The molecule has 0 aromatic heterocycles. The quantitative estimate of drug-likeness (QED) is 0.0120. The van der Waals surface area contributed by atoms with Crippen molar-refractivity contribution >= 4 is 16.7 Å². The lowest BCUT2D eigenvalue weighted by molar-refractivity contribution is -0.249. The maximum atomic E-state index is 12.7. The predicted molar refractivity (Wildman–Crippen MR) is 180 cm³/mol. The molecule has 48 heavy (non-hydrogen) atoms. The van der Waals surface area contributed by atoms with Crippen LogP contribution in [0, 0.1) is 0 Å². The standard InChI is InChI=1S/C38H40O10/c1-3-21-44-46-25-7-5-23-40-33-13-9-30(10-14-33)38(39)48-37-16-12-31-27-36(15-11-32(31)28-37)43-29-42-35-19-17-34(18-20-35)41-24-6-8-26-47-45-22-4-2/h3,9-22,27-28H,2,5-8,23-26,29H2,1H3/b21-3+. The van der Waals surface area contributed by atoms with Gasteiger partial charge in [-0.25, -0.2) is 4.79 Å². The maximum Gasteiger partial charge on any atom is 0.343 e. The Bertz CT molecular complexity index is 1610. The van der Waals surface area contributed by atoms with Crippen LogP contribution in [-0.4, -0.2) is 39.2 Å². The van der Waals surface area contributed by atoms with Gasteiger partial charge in [-0.1, -0.05) is 24.4 Å². The maximum absolute atomic E-state index is 12.7. The molecule has 0 saturated carbocycles. The first-order chi connectivity index (χ1) is 23.6. The number of hydrogen-bond donors (Lipinski definition) is 0. The molecular weight excluding hydrogens is 616 g/mol. The van der Waals surface area contributed by atoms with Gasteiger partial charge in [0.1, 0.15) is 35.0 Å². The Balaban J connectivity index is 1.15. The van der Waals surface area contributed by atoms with E-state index in [2.05, 4.69) is 12.3 Å². The molecule has 0 spiro atoms. The highest BCUT2D eigenvalue weighted by atomic mass is 17.2. The lowest BCUT2D eigenvalue weighted by Crippen LogP contribution is -2.08. The van der Waals surface area contributed by atoms with Gasteiger partial charge in [-0.2, -0.15) is 9.78 Å². The fourth-order valence-electron chi connectivity index (χ4n) is 4.17. The van der Waals surface area contributed by atoms with Crippen molar-refractivity contribution in [2.24, 2.45) is 0 Å². The molecule has 0 unspecified atom stereocenters. The lowest BCUT2D eigenvalue weighted by atomic mass is 10.1. The van der Waals surface area contributed by atoms with Crippen LogP contribution < -0.4 is 23.7 Å². The number of carbonyl (C=O) groups excluding carboxylic acids is 1. The molecular formula is C38H40O10. The summed E-state index contributed by atoms with van der Waals surface area (Å²) in [6.07, 6.45) is 7.72. The summed E-state index contributed by atoms with van der Waals surface area (Å²) in [7, 11) is 0. The van der Waals surface area contributed by atoms with Crippen molar-refractivity contribution in [3.05, 3.63) is 121 Å². The van der Waals surface area contributed by atoms with Gasteiger partial charge in [-0.3, -0.25) is 0 Å². The average molecular weight is 657 g/mol. The van der Waals surface area contributed by atoms with E-state index in [0.29, 0.717) is 55.0 Å². The zero-order chi connectivity index (χ0) is 33.7. The zero-order valence-electron chi connectivity index (χ0n) is 27.0. The van der Waals surface area contributed by atoms with Gasteiger partial charge in [0, 0.05) is 0 Å². The third-order valence-corrected chi connectivity index (χ3v) is 6.60. The van der Waals surface area contributed by atoms with Crippen molar-refractivity contribution in [2.75, 3.05) is 33.2 Å². The molecule has 4 aromatic carbocycles. The number of allylic oxidation sites excluding steroid dienone is 1. The van der Waals surface area contributed by atoms with E-state index < -0.39 is 5.97 Å². The van der Waals surface area contributed by atoms with Gasteiger partial charge in [0.15, 0.2) is 6.26 Å². The average Bonchev–Trinajstić information content (AvgIpc) is 3.11. The largest absolute Gasteiger partial charge is 0.494 e. The number of esters is 1. The second kappa shape index (κ2) is 20.7. The molecule has 0 aliphatic rings. The van der Waals surface area contributed by atoms with E-state index in [1.54, 1.807) is 36.4 Å². The number of fused-ring (bicyclic) bond motifs is 1. The van der Waals surface area contributed by atoms with Crippen LogP contribution in [0.5, 0.6) is 28.7 Å². The minimum atomic E-state index is -0.454. The third kappa shape index (κ3) is 12.8. The number of rotatable bonds is 22. The fraction of sp³-hybridized carbons (Fsp3) is 0.263. The molecule has 252 valence electrons. The highest BCUT2D eigenvalue weighted by Crippen LogP contribution is 2.26. The number of ether oxygens (including phenoxy) is 5. The Kier molecular flexibility index (Phi) is 15.3. The molecule has 4 aromatic rings. The van der Waals surface area contributed by atoms with Gasteiger partial charge < -0.3 is 33.5 Å². The van der Waals surface area contributed by atoms with Gasteiger partial charge in [0.05, 0.1) is 32.0 Å². The minimum absolute atomic E-state index is 0.0376. The predicted octanol–water partition coefficient (Wildman–Crippen LogP) is 8.52. The van der Waals surface area contributed by atoms with E-state index in [0.717, 1.165) is 42.2 Å². The summed E-state index contributed by atoms with van der Waals surface area (Å²) in [6.45, 7) is 7.30. The Morgan fingerprint density at radius 2 is 1.12 bits per heavy atom. The summed E-state index contributed by atoms with van der Waals surface area (Å²) >= 11 is 0. The SMILES string of the molecule is C=C=COOCCCCOc1ccc(OCOc2ccc3cc(OC(=O)c4ccc(OCCCCOO/C=C/C)cc4)ccc3c2)cc1.